The first-order valence-corrected chi connectivity index (χ1v) is 3.73. The third-order valence-electron chi connectivity index (χ3n) is 1.11. The maximum Gasteiger partial charge on any atom is 0.0564 e. The summed E-state index contributed by atoms with van der Waals surface area (Å²) in [6.45, 7) is 4.67. The quantitative estimate of drug-likeness (QED) is 0.570. The predicted molar refractivity (Wildman–Crippen MR) is 45.6 cm³/mol. The van der Waals surface area contributed by atoms with Crippen LogP contribution in [-0.4, -0.2) is 12.6 Å². The van der Waals surface area contributed by atoms with Crippen LogP contribution in [0.1, 0.15) is 13.8 Å². The van der Waals surface area contributed by atoms with Gasteiger partial charge in [0, 0.05) is 6.54 Å². The largest absolute Gasteiger partial charge is 0.383 e. The van der Waals surface area contributed by atoms with Crippen LogP contribution in [0, 0.1) is 0 Å². The summed E-state index contributed by atoms with van der Waals surface area (Å²) in [6, 6.07) is 0.347. The molecular weight excluding hydrogens is 124 g/mol. The molecule has 0 radical (unpaired) electrons. The predicted octanol–water partition coefficient (Wildman–Crippen LogP) is 1.01. The molecule has 0 aliphatic carbocycles. The molecule has 10 heavy (non-hydrogen) atoms. The maximum absolute atomic E-state index is 5.36. The van der Waals surface area contributed by atoms with Crippen molar-refractivity contribution in [2.45, 2.75) is 19.9 Å². The zero-order valence-electron chi connectivity index (χ0n) is 6.67. The van der Waals surface area contributed by atoms with Crippen LogP contribution in [0.4, 0.5) is 0 Å². The molecule has 58 valence electrons. The molecule has 0 aromatic rings. The number of rotatable bonds is 1. The Balaban J connectivity index is 0.000000371. The SMILES string of the molecule is CC.NCC1C=CC=CN1. The van der Waals surface area contributed by atoms with Gasteiger partial charge in [-0.1, -0.05) is 26.0 Å². The van der Waals surface area contributed by atoms with E-state index >= 15 is 0 Å². The number of allylic oxidation sites excluding steroid dienone is 2. The fourth-order valence-electron chi connectivity index (χ4n) is 0.635. The lowest BCUT2D eigenvalue weighted by Crippen LogP contribution is -2.31. The monoisotopic (exact) mass is 140 g/mol. The number of nitrogens with one attached hydrogen (secondary N) is 1. The number of nitrogens with two attached hydrogens (primary N) is 1. The average Bonchev–Trinajstić information content (AvgIpc) is 2.10. The van der Waals surface area contributed by atoms with Crippen LogP contribution in [0.5, 0.6) is 0 Å². The summed E-state index contributed by atoms with van der Waals surface area (Å²) >= 11 is 0. The van der Waals surface area contributed by atoms with Crippen LogP contribution in [0.3, 0.4) is 0 Å². The second kappa shape index (κ2) is 6.36. The van der Waals surface area contributed by atoms with E-state index in [1.165, 1.54) is 0 Å². The van der Waals surface area contributed by atoms with E-state index in [9.17, 15) is 0 Å². The minimum Gasteiger partial charge on any atom is -0.383 e. The van der Waals surface area contributed by atoms with Crippen molar-refractivity contribution in [3.05, 3.63) is 24.4 Å². The van der Waals surface area contributed by atoms with Crippen molar-refractivity contribution in [3.8, 4) is 0 Å². The van der Waals surface area contributed by atoms with E-state index in [2.05, 4.69) is 5.32 Å². The molecule has 0 amide bonds. The molecular formula is C8H16N2. The summed E-state index contributed by atoms with van der Waals surface area (Å²) in [4.78, 5) is 0. The molecule has 0 saturated carbocycles. The van der Waals surface area contributed by atoms with Crippen molar-refractivity contribution >= 4 is 0 Å². The molecule has 1 atom stereocenters. The van der Waals surface area contributed by atoms with Gasteiger partial charge in [0.25, 0.3) is 0 Å². The molecule has 1 aliphatic heterocycles. The van der Waals surface area contributed by atoms with Crippen molar-refractivity contribution in [1.29, 1.82) is 0 Å². The van der Waals surface area contributed by atoms with Crippen LogP contribution in [0.2, 0.25) is 0 Å². The van der Waals surface area contributed by atoms with E-state index in [0.29, 0.717) is 12.6 Å². The van der Waals surface area contributed by atoms with E-state index in [1.807, 2.05) is 38.3 Å². The maximum atomic E-state index is 5.36. The van der Waals surface area contributed by atoms with E-state index in [1.54, 1.807) is 0 Å². The topological polar surface area (TPSA) is 38.0 Å². The second-order valence-corrected chi connectivity index (χ2v) is 1.75. The zero-order valence-corrected chi connectivity index (χ0v) is 6.67. The zero-order chi connectivity index (χ0) is 7.82. The third-order valence-corrected chi connectivity index (χ3v) is 1.11. The van der Waals surface area contributed by atoms with Crippen LogP contribution in [0.25, 0.3) is 0 Å². The fraction of sp³-hybridized carbons (Fsp3) is 0.500. The first-order chi connectivity index (χ1) is 4.93. The van der Waals surface area contributed by atoms with Gasteiger partial charge in [-0.3, -0.25) is 0 Å². The average molecular weight is 140 g/mol. The molecule has 0 fully saturated rings. The molecule has 0 saturated heterocycles. The van der Waals surface area contributed by atoms with Crippen molar-refractivity contribution in [2.75, 3.05) is 6.54 Å². The first-order valence-electron chi connectivity index (χ1n) is 3.73. The Bertz CT molecular complexity index is 116. The van der Waals surface area contributed by atoms with Gasteiger partial charge in [-0.25, -0.2) is 0 Å². The molecule has 0 bridgehead atoms. The molecule has 1 unspecified atom stereocenters. The van der Waals surface area contributed by atoms with E-state index in [4.69, 9.17) is 5.73 Å². The summed E-state index contributed by atoms with van der Waals surface area (Å²) in [5.41, 5.74) is 5.36. The lowest BCUT2D eigenvalue weighted by atomic mass is 10.2. The van der Waals surface area contributed by atoms with Crippen LogP contribution < -0.4 is 11.1 Å². The van der Waals surface area contributed by atoms with Gasteiger partial charge in [0.2, 0.25) is 0 Å². The summed E-state index contributed by atoms with van der Waals surface area (Å²) in [5, 5.41) is 3.08. The number of dihydropyridines is 1. The molecule has 0 spiro atoms. The highest BCUT2D eigenvalue weighted by Gasteiger charge is 1.97. The number of hydrogen-bond donors (Lipinski definition) is 2. The van der Waals surface area contributed by atoms with Gasteiger partial charge in [-0.05, 0) is 12.3 Å². The lowest BCUT2D eigenvalue weighted by molar-refractivity contribution is 0.702. The highest BCUT2D eigenvalue weighted by atomic mass is 14.9. The van der Waals surface area contributed by atoms with Crippen LogP contribution >= 0.6 is 0 Å². The van der Waals surface area contributed by atoms with Gasteiger partial charge in [-0.2, -0.15) is 0 Å². The van der Waals surface area contributed by atoms with E-state index in [0.717, 1.165) is 0 Å². The fourth-order valence-corrected chi connectivity index (χ4v) is 0.635. The molecule has 1 aliphatic rings. The Labute approximate surface area is 62.8 Å². The van der Waals surface area contributed by atoms with Gasteiger partial charge in [0.1, 0.15) is 0 Å². The van der Waals surface area contributed by atoms with Crippen LogP contribution in [0.15, 0.2) is 24.4 Å². The lowest BCUT2D eigenvalue weighted by Gasteiger charge is -2.11. The Morgan fingerprint density at radius 3 is 2.40 bits per heavy atom. The van der Waals surface area contributed by atoms with Crippen molar-refractivity contribution < 1.29 is 0 Å². The Morgan fingerprint density at radius 1 is 1.40 bits per heavy atom. The molecule has 0 aromatic heterocycles. The van der Waals surface area contributed by atoms with Crippen LogP contribution in [-0.2, 0) is 0 Å². The van der Waals surface area contributed by atoms with Crippen molar-refractivity contribution in [3.63, 3.8) is 0 Å². The van der Waals surface area contributed by atoms with Crippen molar-refractivity contribution in [1.82, 2.24) is 5.32 Å². The minimum atomic E-state index is 0.347. The van der Waals surface area contributed by atoms with Gasteiger partial charge in [0.15, 0.2) is 0 Å². The molecule has 2 nitrogen and oxygen atoms in total. The Hall–Kier alpha value is -0.760. The van der Waals surface area contributed by atoms with Gasteiger partial charge >= 0.3 is 0 Å². The minimum absolute atomic E-state index is 0.347. The molecule has 3 N–H and O–H groups in total. The molecule has 1 heterocycles. The summed E-state index contributed by atoms with van der Waals surface area (Å²) in [7, 11) is 0. The van der Waals surface area contributed by atoms with Gasteiger partial charge < -0.3 is 11.1 Å². The third kappa shape index (κ3) is 3.30. The molecule has 2 heteroatoms. The normalized spacial score (nSPS) is 20.9. The summed E-state index contributed by atoms with van der Waals surface area (Å²) < 4.78 is 0. The molecule has 0 aromatic carbocycles. The van der Waals surface area contributed by atoms with Gasteiger partial charge in [-0.15, -0.1) is 0 Å². The number of hydrogen-bond acceptors (Lipinski definition) is 2. The standard InChI is InChI=1S/C6H10N2.C2H6/c7-5-6-3-1-2-4-8-6;1-2/h1-4,6,8H,5,7H2;1-2H3. The highest BCUT2D eigenvalue weighted by molar-refractivity contribution is 5.12. The smallest absolute Gasteiger partial charge is 0.0564 e. The summed E-state index contributed by atoms with van der Waals surface area (Å²) in [6.07, 6.45) is 7.89. The summed E-state index contributed by atoms with van der Waals surface area (Å²) in [5.74, 6) is 0. The molecule has 1 rings (SSSR count). The Morgan fingerprint density at radius 2 is 2.10 bits per heavy atom. The van der Waals surface area contributed by atoms with Crippen molar-refractivity contribution in [2.24, 2.45) is 5.73 Å². The van der Waals surface area contributed by atoms with E-state index in [-0.39, 0.29) is 0 Å². The Kier molecular flexibility index (Phi) is 5.88. The highest BCUT2D eigenvalue weighted by Crippen LogP contribution is 1.90. The van der Waals surface area contributed by atoms with Gasteiger partial charge in [0.05, 0.1) is 6.04 Å². The first kappa shape index (κ1) is 9.24. The van der Waals surface area contributed by atoms with E-state index < -0.39 is 0 Å². The second-order valence-electron chi connectivity index (χ2n) is 1.75.